The van der Waals surface area contributed by atoms with Gasteiger partial charge in [0, 0.05) is 27.7 Å². The van der Waals surface area contributed by atoms with Crippen molar-refractivity contribution in [1.82, 2.24) is 9.55 Å². The number of aromatic nitrogens is 2. The third-order valence-electron chi connectivity index (χ3n) is 18.7. The van der Waals surface area contributed by atoms with Gasteiger partial charge in [0.25, 0.3) is 6.71 Å². The van der Waals surface area contributed by atoms with Crippen molar-refractivity contribution >= 4 is 90.2 Å². The molecule has 9 aromatic carbocycles. The van der Waals surface area contributed by atoms with Gasteiger partial charge in [-0.1, -0.05) is 196 Å². The minimum atomic E-state index is -0.173. The van der Waals surface area contributed by atoms with E-state index in [9.17, 15) is 0 Å². The highest BCUT2D eigenvalue weighted by molar-refractivity contribution is 7.00. The van der Waals surface area contributed by atoms with Crippen molar-refractivity contribution in [2.75, 3.05) is 9.80 Å². The molecule has 0 saturated carbocycles. The molecule has 0 aliphatic carbocycles. The third-order valence-corrected chi connectivity index (χ3v) is 18.7. The van der Waals surface area contributed by atoms with Crippen LogP contribution in [0.25, 0.3) is 61.2 Å². The maximum atomic E-state index is 7.57. The molecule has 0 saturated heterocycles. The van der Waals surface area contributed by atoms with E-state index >= 15 is 0 Å². The molecule has 7 nitrogen and oxygen atoms in total. The summed E-state index contributed by atoms with van der Waals surface area (Å²) in [4.78, 5) is 10.6. The van der Waals surface area contributed by atoms with E-state index in [-0.39, 0.29) is 40.2 Å². The first kappa shape index (κ1) is 53.3. The second-order valence-electron chi connectivity index (χ2n) is 29.2. The molecule has 0 spiro atoms. The molecule has 0 fully saturated rings. The van der Waals surface area contributed by atoms with E-state index in [0.717, 1.165) is 113 Å². The zero-order chi connectivity index (χ0) is 59.3. The van der Waals surface area contributed by atoms with E-state index in [1.807, 2.05) is 0 Å². The molecule has 0 N–H and O–H groups in total. The maximum absolute atomic E-state index is 7.57. The Labute approximate surface area is 501 Å². The van der Waals surface area contributed by atoms with E-state index in [1.165, 1.54) is 55.5 Å². The van der Waals surface area contributed by atoms with Crippen molar-refractivity contribution in [2.24, 2.45) is 0 Å². The second-order valence-corrected chi connectivity index (χ2v) is 29.2. The summed E-state index contributed by atoms with van der Waals surface area (Å²) in [6.45, 7) is 36.6. The molecule has 0 radical (unpaired) electrons. The van der Waals surface area contributed by atoms with Crippen molar-refractivity contribution in [3.05, 3.63) is 185 Å². The third kappa shape index (κ3) is 7.95. The lowest BCUT2D eigenvalue weighted by atomic mass is 9.33. The topological polar surface area (TPSA) is 55.9 Å². The van der Waals surface area contributed by atoms with Gasteiger partial charge in [-0.25, -0.2) is 4.98 Å². The molecule has 15 rings (SSSR count). The van der Waals surface area contributed by atoms with Crippen LogP contribution in [0.4, 0.5) is 34.1 Å². The molecule has 0 amide bonds. The zero-order valence-electron chi connectivity index (χ0n) is 52.2. The van der Waals surface area contributed by atoms with Gasteiger partial charge in [0.1, 0.15) is 17.0 Å². The van der Waals surface area contributed by atoms with Crippen LogP contribution in [0.5, 0.6) is 23.0 Å². The molecule has 0 unspecified atom stereocenters. The standard InChI is InChI=1S/C77H75BN4O3/c1-42(2)49-22-19-23-50(43(3)4)68(49)82-58-29-18-17-28-57(58)79-73(82)54-27-21-26-53-52-25-20-24-51(71(52)85-72(53)54)44-34-61-67-62(35-44)81-60-33-31-46(75(8,9)10)39-64(60)84-66-41-48(77(14,15)16)37-56(70(66)81)78(67)55-36-47(76(11,12)13)40-65-69(55)80(61)59-32-30-45(74(5,6)7)38-63(59)83-65/h17-43H,1-16H3. The van der Waals surface area contributed by atoms with Crippen LogP contribution in [-0.4, -0.2) is 16.3 Å². The number of nitrogens with zero attached hydrogens (tertiary/aromatic N) is 4. The van der Waals surface area contributed by atoms with E-state index in [4.69, 9.17) is 18.9 Å². The van der Waals surface area contributed by atoms with Crippen LogP contribution in [0.3, 0.4) is 0 Å². The molecule has 11 aromatic rings. The normalized spacial score (nSPS) is 14.2. The van der Waals surface area contributed by atoms with Gasteiger partial charge in [0.2, 0.25) is 0 Å². The number of anilines is 6. The lowest BCUT2D eigenvalue weighted by molar-refractivity contribution is 0.469. The minimum Gasteiger partial charge on any atom is -0.455 e. The average Bonchev–Trinajstić information content (AvgIpc) is 1.30. The first-order valence-electron chi connectivity index (χ1n) is 30.7. The summed E-state index contributed by atoms with van der Waals surface area (Å²) < 4.78 is 24.6. The van der Waals surface area contributed by atoms with Crippen LogP contribution < -0.4 is 35.7 Å². The van der Waals surface area contributed by atoms with Gasteiger partial charge in [-0.05, 0) is 156 Å². The van der Waals surface area contributed by atoms with E-state index in [1.54, 1.807) is 0 Å². The fourth-order valence-corrected chi connectivity index (χ4v) is 14.0. The fourth-order valence-electron chi connectivity index (χ4n) is 14.0. The maximum Gasteiger partial charge on any atom is 0.252 e. The number of fused-ring (bicyclic) bond motifs is 12. The number of hydrogen-bond donors (Lipinski definition) is 0. The summed E-state index contributed by atoms with van der Waals surface area (Å²) in [5.41, 5.74) is 24.9. The Bertz CT molecular complexity index is 4490. The molecule has 0 atom stereocenters. The van der Waals surface area contributed by atoms with E-state index in [2.05, 4.69) is 277 Å². The molecule has 424 valence electrons. The van der Waals surface area contributed by atoms with Crippen LogP contribution in [0.2, 0.25) is 0 Å². The van der Waals surface area contributed by atoms with Gasteiger partial charge in [0.15, 0.2) is 23.0 Å². The highest BCUT2D eigenvalue weighted by Gasteiger charge is 2.50. The molecular weight excluding hydrogens is 1040 g/mol. The Morgan fingerprint density at radius 1 is 0.424 bits per heavy atom. The molecule has 2 aromatic heterocycles. The van der Waals surface area contributed by atoms with Gasteiger partial charge in [0.05, 0.1) is 45.0 Å². The number of benzene rings is 9. The summed E-state index contributed by atoms with van der Waals surface area (Å²) >= 11 is 0. The van der Waals surface area contributed by atoms with Crippen molar-refractivity contribution in [1.29, 1.82) is 0 Å². The minimum absolute atomic E-state index is 0.0979. The summed E-state index contributed by atoms with van der Waals surface area (Å²) in [6, 6.07) is 56.8. The molecule has 4 aliphatic heterocycles. The second kappa shape index (κ2) is 18.0. The van der Waals surface area contributed by atoms with Crippen LogP contribution in [0.1, 0.15) is 156 Å². The number of furan rings is 1. The van der Waals surface area contributed by atoms with Gasteiger partial charge in [-0.3, -0.25) is 4.57 Å². The number of hydrogen-bond acceptors (Lipinski definition) is 6. The number of para-hydroxylation sites is 5. The summed E-state index contributed by atoms with van der Waals surface area (Å²) in [6.07, 6.45) is 0. The summed E-state index contributed by atoms with van der Waals surface area (Å²) in [5, 5.41) is 2.10. The molecule has 8 heteroatoms. The largest absolute Gasteiger partial charge is 0.455 e. The lowest BCUT2D eigenvalue weighted by Crippen LogP contribution is -2.62. The molecular formula is C77H75BN4O3. The zero-order valence-corrected chi connectivity index (χ0v) is 52.2. The predicted octanol–water partition coefficient (Wildman–Crippen LogP) is 20.0. The van der Waals surface area contributed by atoms with E-state index < -0.39 is 0 Å². The lowest BCUT2D eigenvalue weighted by Gasteiger charge is -2.48. The highest BCUT2D eigenvalue weighted by Crippen LogP contribution is 2.59. The number of ether oxygens (including phenoxy) is 2. The predicted molar refractivity (Wildman–Crippen MR) is 356 cm³/mol. The van der Waals surface area contributed by atoms with Gasteiger partial charge >= 0.3 is 0 Å². The van der Waals surface area contributed by atoms with Gasteiger partial charge in [-0.15, -0.1) is 0 Å². The van der Waals surface area contributed by atoms with Crippen molar-refractivity contribution in [3.8, 4) is 51.2 Å². The molecule has 4 aliphatic rings. The quantitative estimate of drug-likeness (QED) is 0.160. The molecule has 85 heavy (non-hydrogen) atoms. The Morgan fingerprint density at radius 3 is 1.38 bits per heavy atom. The Hall–Kier alpha value is -8.49. The van der Waals surface area contributed by atoms with Crippen LogP contribution in [0.15, 0.2) is 156 Å². The fraction of sp³-hybridized carbons (Fsp3) is 0.286. The van der Waals surface area contributed by atoms with E-state index in [0.29, 0.717) is 0 Å². The number of rotatable bonds is 5. The Morgan fingerprint density at radius 2 is 0.882 bits per heavy atom. The first-order valence-corrected chi connectivity index (χ1v) is 30.7. The first-order chi connectivity index (χ1) is 40.3. The van der Waals surface area contributed by atoms with Crippen LogP contribution in [0, 0.1) is 0 Å². The smallest absolute Gasteiger partial charge is 0.252 e. The summed E-state index contributed by atoms with van der Waals surface area (Å²) in [7, 11) is 0. The van der Waals surface area contributed by atoms with Crippen molar-refractivity contribution in [3.63, 3.8) is 0 Å². The van der Waals surface area contributed by atoms with Crippen molar-refractivity contribution in [2.45, 2.75) is 144 Å². The van der Waals surface area contributed by atoms with Gasteiger partial charge < -0.3 is 23.7 Å². The molecule has 6 heterocycles. The molecule has 0 bridgehead atoms. The van der Waals surface area contributed by atoms with Crippen LogP contribution in [-0.2, 0) is 21.7 Å². The Balaban J connectivity index is 1.04. The summed E-state index contributed by atoms with van der Waals surface area (Å²) in [5.74, 6) is 4.87. The average molecular weight is 1120 g/mol. The SMILES string of the molecule is CC(C)c1cccc(C(C)C)c1-n1c(-c2cccc3c2oc2c(-c4cc5c6c(c4)N4c7ccc(C(C)(C)C)cc7Oc7cc(C(C)(C)C)cc(c74)B6c4cc(C(C)(C)C)cc6c4N5c4ccc(C(C)(C)C)cc4O6)cccc23)nc2ccccc21. The van der Waals surface area contributed by atoms with Crippen LogP contribution >= 0.6 is 0 Å². The monoisotopic (exact) mass is 1110 g/mol. The van der Waals surface area contributed by atoms with Crippen molar-refractivity contribution < 1.29 is 13.9 Å². The highest BCUT2D eigenvalue weighted by atomic mass is 16.5. The van der Waals surface area contributed by atoms with Gasteiger partial charge in [-0.2, -0.15) is 0 Å². The number of imidazole rings is 1. The Kier molecular flexibility index (Phi) is 11.3.